The summed E-state index contributed by atoms with van der Waals surface area (Å²) in [5.74, 6) is -0.879. The minimum atomic E-state index is -0.752. The first-order valence-electron chi connectivity index (χ1n) is 19.7. The number of hydrogen-bond donors (Lipinski definition) is 1. The van der Waals surface area contributed by atoms with E-state index in [1.54, 1.807) is 55.6 Å². The molecule has 0 aromatic heterocycles. The molecule has 5 aromatic rings. The van der Waals surface area contributed by atoms with Crippen LogP contribution in [0.4, 0.5) is 0 Å². The highest BCUT2D eigenvalue weighted by Gasteiger charge is 2.30. The molecule has 1 N–H and O–H groups in total. The van der Waals surface area contributed by atoms with Crippen molar-refractivity contribution in [1.82, 2.24) is 0 Å². The minimum Gasteiger partial charge on any atom is -0.494 e. The Balaban J connectivity index is 1.07. The predicted molar refractivity (Wildman–Crippen MR) is 236 cm³/mol. The number of aliphatic hydroxyl groups is 1. The number of carbonyl (C=O) groups is 4. The molecule has 14 nitrogen and oxygen atoms in total. The Labute approximate surface area is 377 Å². The maximum absolute atomic E-state index is 13.4. The highest BCUT2D eigenvalue weighted by atomic mass is 32.2. The van der Waals surface area contributed by atoms with Gasteiger partial charge in [0.25, 0.3) is 5.70 Å². The topological polar surface area (TPSA) is 181 Å². The first-order chi connectivity index (χ1) is 31.0. The number of aliphatic hydroxyl groups excluding tert-OH is 1. The third kappa shape index (κ3) is 12.3. The van der Waals surface area contributed by atoms with E-state index in [9.17, 15) is 24.4 Å². The lowest BCUT2D eigenvalue weighted by atomic mass is 10.1. The van der Waals surface area contributed by atoms with Crippen molar-refractivity contribution in [3.63, 3.8) is 0 Å². The molecular formula is C48H40N2O12S2. The first-order valence-corrected chi connectivity index (χ1v) is 21.3. The van der Waals surface area contributed by atoms with Crippen molar-refractivity contribution in [3.8, 4) is 40.6 Å². The van der Waals surface area contributed by atoms with Crippen LogP contribution in [0.3, 0.4) is 0 Å². The van der Waals surface area contributed by atoms with E-state index < -0.39 is 23.9 Å². The summed E-state index contributed by atoms with van der Waals surface area (Å²) >= 11 is 2.05. The zero-order valence-electron chi connectivity index (χ0n) is 34.7. The molecule has 0 radical (unpaired) electrons. The molecule has 0 saturated heterocycles. The van der Waals surface area contributed by atoms with Crippen LogP contribution < -0.4 is 28.4 Å². The number of esters is 4. The largest absolute Gasteiger partial charge is 0.494 e. The van der Waals surface area contributed by atoms with Gasteiger partial charge in [0, 0.05) is 20.1 Å². The van der Waals surface area contributed by atoms with Crippen LogP contribution in [-0.4, -0.2) is 62.0 Å². The summed E-state index contributed by atoms with van der Waals surface area (Å²) in [4.78, 5) is 56.3. The quantitative estimate of drug-likeness (QED) is 0.0380. The second kappa shape index (κ2) is 22.3. The van der Waals surface area contributed by atoms with Crippen LogP contribution in [0.1, 0.15) is 68.1 Å². The van der Waals surface area contributed by atoms with Gasteiger partial charge in [0.05, 0.1) is 68.2 Å². The standard InChI is InChI=1S/C48H40N2O12S2/c1-29(28-51)23-25-57-35-13-5-31(6-14-35)44(52)59-37-17-9-33(10-18-37)46(54)61-40-21-22-41(43-42(40)63-48(64-43)39(27-49)50-3)62-47(55)34-11-19-38(20-12-34)60-45(53)32-7-15-36(16-8-32)58-26-24-30(2)56-4/h5-22,29-30,51H,23-26,28H2,1-2,4H3. The van der Waals surface area contributed by atoms with E-state index in [0.717, 1.165) is 23.5 Å². The van der Waals surface area contributed by atoms with Gasteiger partial charge < -0.3 is 38.3 Å². The fourth-order valence-electron chi connectivity index (χ4n) is 5.57. The normalized spacial score (nSPS) is 13.2. The SMILES string of the molecule is [C-]#[N+]C(C#N)=C1Sc2c(OC(=O)c3ccc(OC(=O)c4ccc(OCCC(C)CO)cc4)cc3)ccc(OC(=O)c3ccc(OC(=O)c4ccc(OCCC(C)OC)cc4)cc3)c2S1. The number of fused-ring (bicyclic) bond motifs is 1. The summed E-state index contributed by atoms with van der Waals surface area (Å²) in [6.45, 7) is 12.3. The maximum Gasteiger partial charge on any atom is 0.343 e. The molecule has 2 atom stereocenters. The summed E-state index contributed by atoms with van der Waals surface area (Å²) in [6, 6.07) is 29.2. The molecule has 16 heteroatoms. The Kier molecular flexibility index (Phi) is 16.2. The summed E-state index contributed by atoms with van der Waals surface area (Å²) in [6.07, 6.45) is 1.46. The maximum atomic E-state index is 13.4. The molecule has 2 unspecified atom stereocenters. The Hall–Kier alpha value is -7.08. The van der Waals surface area contributed by atoms with E-state index in [1.807, 2.05) is 19.9 Å². The molecule has 1 aliphatic heterocycles. The van der Waals surface area contributed by atoms with Crippen LogP contribution in [0.5, 0.6) is 34.5 Å². The van der Waals surface area contributed by atoms with Gasteiger partial charge in [0.15, 0.2) is 0 Å². The Morgan fingerprint density at radius 1 is 0.609 bits per heavy atom. The van der Waals surface area contributed by atoms with E-state index in [2.05, 4.69) is 4.85 Å². The third-order valence-corrected chi connectivity index (χ3v) is 12.0. The average molecular weight is 901 g/mol. The number of carbonyl (C=O) groups excluding carboxylic acids is 4. The number of methoxy groups -OCH3 is 1. The zero-order valence-corrected chi connectivity index (χ0v) is 36.4. The second-order valence-electron chi connectivity index (χ2n) is 14.0. The molecule has 0 aliphatic carbocycles. The van der Waals surface area contributed by atoms with Crippen molar-refractivity contribution < 1.29 is 57.4 Å². The monoisotopic (exact) mass is 900 g/mol. The zero-order chi connectivity index (χ0) is 45.6. The minimum absolute atomic E-state index is 0.0610. The van der Waals surface area contributed by atoms with Gasteiger partial charge in [-0.1, -0.05) is 30.4 Å². The number of nitriles is 1. The van der Waals surface area contributed by atoms with Crippen LogP contribution in [-0.2, 0) is 4.74 Å². The van der Waals surface area contributed by atoms with Crippen molar-refractivity contribution in [2.45, 2.75) is 42.6 Å². The van der Waals surface area contributed by atoms with Gasteiger partial charge in [0.1, 0.15) is 34.5 Å². The van der Waals surface area contributed by atoms with Crippen molar-refractivity contribution in [3.05, 3.63) is 153 Å². The molecule has 0 saturated carbocycles. The van der Waals surface area contributed by atoms with Crippen LogP contribution in [0, 0.1) is 23.8 Å². The molecule has 0 amide bonds. The van der Waals surface area contributed by atoms with E-state index in [4.69, 9.17) is 44.8 Å². The molecule has 6 rings (SSSR count). The summed E-state index contributed by atoms with van der Waals surface area (Å²) < 4.78 is 39.4. The number of hydrogen-bond acceptors (Lipinski definition) is 15. The van der Waals surface area contributed by atoms with Crippen LogP contribution in [0.25, 0.3) is 4.85 Å². The summed E-state index contributed by atoms with van der Waals surface area (Å²) in [5, 5.41) is 18.8. The van der Waals surface area contributed by atoms with Crippen LogP contribution in [0.2, 0.25) is 0 Å². The highest BCUT2D eigenvalue weighted by molar-refractivity contribution is 8.24. The third-order valence-electron chi connectivity index (χ3n) is 9.41. The number of benzene rings is 5. The lowest BCUT2D eigenvalue weighted by molar-refractivity contribution is 0.0709. The molecule has 1 aliphatic rings. The van der Waals surface area contributed by atoms with Crippen molar-refractivity contribution >= 4 is 47.4 Å². The number of thioether (sulfide) groups is 2. The Morgan fingerprint density at radius 2 is 0.984 bits per heavy atom. The number of rotatable bonds is 18. The summed E-state index contributed by atoms with van der Waals surface area (Å²) in [7, 11) is 1.63. The van der Waals surface area contributed by atoms with Gasteiger partial charge >= 0.3 is 23.9 Å². The molecular weight excluding hydrogens is 861 g/mol. The smallest absolute Gasteiger partial charge is 0.343 e. The Bertz CT molecular complexity index is 2420. The van der Waals surface area contributed by atoms with Gasteiger partial charge in [-0.25, -0.2) is 29.3 Å². The van der Waals surface area contributed by atoms with E-state index in [1.165, 1.54) is 60.7 Å². The van der Waals surface area contributed by atoms with Crippen LogP contribution >= 0.6 is 23.5 Å². The molecule has 0 fully saturated rings. The lowest BCUT2D eigenvalue weighted by Gasteiger charge is -2.12. The second-order valence-corrected chi connectivity index (χ2v) is 16.3. The number of allylic oxidation sites excluding steroid dienone is 1. The molecule has 64 heavy (non-hydrogen) atoms. The fraction of sp³-hybridized carbons (Fsp3) is 0.208. The summed E-state index contributed by atoms with van der Waals surface area (Å²) in [5.41, 5.74) is 0.660. The van der Waals surface area contributed by atoms with Crippen molar-refractivity contribution in [1.29, 1.82) is 5.26 Å². The fourth-order valence-corrected chi connectivity index (χ4v) is 8.04. The molecule has 0 bridgehead atoms. The van der Waals surface area contributed by atoms with Gasteiger partial charge in [0.2, 0.25) is 0 Å². The molecule has 1 heterocycles. The Morgan fingerprint density at radius 3 is 1.34 bits per heavy atom. The van der Waals surface area contributed by atoms with E-state index in [-0.39, 0.29) is 64.0 Å². The average Bonchev–Trinajstić information content (AvgIpc) is 3.77. The first kappa shape index (κ1) is 46.4. The van der Waals surface area contributed by atoms with Crippen molar-refractivity contribution in [2.75, 3.05) is 26.9 Å². The predicted octanol–water partition coefficient (Wildman–Crippen LogP) is 9.57. The van der Waals surface area contributed by atoms with E-state index >= 15 is 0 Å². The van der Waals surface area contributed by atoms with Crippen molar-refractivity contribution in [2.24, 2.45) is 5.92 Å². The van der Waals surface area contributed by atoms with E-state index in [0.29, 0.717) is 57.1 Å². The number of ether oxygens (including phenoxy) is 7. The van der Waals surface area contributed by atoms with Gasteiger partial charge in [-0.05, 0) is 128 Å². The molecule has 326 valence electrons. The number of nitrogens with zero attached hydrogens (tertiary/aromatic N) is 2. The van der Waals surface area contributed by atoms with Gasteiger partial charge in [-0.15, -0.1) is 0 Å². The molecule has 5 aromatic carbocycles. The van der Waals surface area contributed by atoms with Gasteiger partial charge in [-0.2, -0.15) is 0 Å². The highest BCUT2D eigenvalue weighted by Crippen LogP contribution is 2.59. The van der Waals surface area contributed by atoms with Gasteiger partial charge in [-0.3, -0.25) is 0 Å². The van der Waals surface area contributed by atoms with Crippen LogP contribution in [0.15, 0.2) is 129 Å². The lowest BCUT2D eigenvalue weighted by Crippen LogP contribution is -2.12. The molecule has 0 spiro atoms.